The average Bonchev–Trinajstić information content (AvgIpc) is 2.43. The molecule has 4 aliphatic carbocycles. The lowest BCUT2D eigenvalue weighted by molar-refractivity contribution is -0.152. The van der Waals surface area contributed by atoms with E-state index in [0.29, 0.717) is 12.3 Å². The Morgan fingerprint density at radius 1 is 1.00 bits per heavy atom. The molecule has 0 heterocycles. The number of carbonyl (C=O) groups excluding carboxylic acids is 1. The number of esters is 1. The minimum Gasteiger partial charge on any atom is -0.462 e. The zero-order chi connectivity index (χ0) is 11.8. The smallest absolute Gasteiger partial charge is 0.306 e. The minimum atomic E-state index is 0.0405. The third-order valence-electron chi connectivity index (χ3n) is 5.10. The van der Waals surface area contributed by atoms with Crippen molar-refractivity contribution in [3.05, 3.63) is 0 Å². The van der Waals surface area contributed by atoms with Gasteiger partial charge in [0.15, 0.2) is 0 Å². The molecule has 4 rings (SSSR count). The first-order valence-electron chi connectivity index (χ1n) is 7.44. The lowest BCUT2D eigenvalue weighted by atomic mass is 9.68. The highest BCUT2D eigenvalue weighted by atomic mass is 16.5. The number of rotatable bonds is 3. The van der Waals surface area contributed by atoms with E-state index in [2.05, 4.69) is 0 Å². The summed E-state index contributed by atoms with van der Waals surface area (Å²) in [6, 6.07) is 0. The highest BCUT2D eigenvalue weighted by Crippen LogP contribution is 2.51. The van der Waals surface area contributed by atoms with Crippen LogP contribution in [-0.2, 0) is 9.53 Å². The van der Waals surface area contributed by atoms with Gasteiger partial charge in [0.1, 0.15) is 6.10 Å². The number of ether oxygens (including phenoxy) is 1. The topological polar surface area (TPSA) is 26.3 Å². The van der Waals surface area contributed by atoms with Crippen molar-refractivity contribution in [2.24, 2.45) is 23.7 Å². The van der Waals surface area contributed by atoms with Crippen LogP contribution in [0.25, 0.3) is 0 Å². The van der Waals surface area contributed by atoms with Crippen molar-refractivity contribution in [3.8, 4) is 0 Å². The predicted octanol–water partition coefficient (Wildman–Crippen LogP) is 3.54. The molecule has 4 fully saturated rings. The Hall–Kier alpha value is -0.530. The quantitative estimate of drug-likeness (QED) is 0.700. The fourth-order valence-electron chi connectivity index (χ4n) is 4.63. The van der Waals surface area contributed by atoms with Gasteiger partial charge in [-0.25, -0.2) is 0 Å². The number of hydrogen-bond donors (Lipinski definition) is 0. The van der Waals surface area contributed by atoms with Crippen molar-refractivity contribution in [2.75, 3.05) is 0 Å². The molecule has 0 radical (unpaired) electrons. The number of hydrogen-bond acceptors (Lipinski definition) is 2. The summed E-state index contributed by atoms with van der Waals surface area (Å²) >= 11 is 0. The molecule has 3 atom stereocenters. The molecule has 17 heavy (non-hydrogen) atoms. The summed E-state index contributed by atoms with van der Waals surface area (Å²) in [5.41, 5.74) is 0. The molecule has 0 N–H and O–H groups in total. The molecule has 4 bridgehead atoms. The van der Waals surface area contributed by atoms with Crippen molar-refractivity contribution in [2.45, 2.75) is 64.4 Å². The third-order valence-corrected chi connectivity index (χ3v) is 5.10. The lowest BCUT2D eigenvalue weighted by Gasteiger charge is -2.38. The van der Waals surface area contributed by atoms with Gasteiger partial charge in [-0.2, -0.15) is 0 Å². The summed E-state index contributed by atoms with van der Waals surface area (Å²) in [6.07, 6.45) is 9.87. The van der Waals surface area contributed by atoms with Crippen molar-refractivity contribution < 1.29 is 9.53 Å². The molecule has 96 valence electrons. The zero-order valence-electron chi connectivity index (χ0n) is 10.9. The fraction of sp³-hybridized carbons (Fsp3) is 0.933. The second-order valence-corrected chi connectivity index (χ2v) is 6.55. The summed E-state index contributed by atoms with van der Waals surface area (Å²) < 4.78 is 5.76. The van der Waals surface area contributed by atoms with Gasteiger partial charge in [-0.1, -0.05) is 6.92 Å². The van der Waals surface area contributed by atoms with E-state index in [1.54, 1.807) is 0 Å². The molecule has 0 saturated heterocycles. The van der Waals surface area contributed by atoms with Gasteiger partial charge in [0, 0.05) is 6.42 Å². The Kier molecular flexibility index (Phi) is 3.14. The van der Waals surface area contributed by atoms with E-state index >= 15 is 0 Å². The van der Waals surface area contributed by atoms with Crippen LogP contribution in [0.2, 0.25) is 0 Å². The van der Waals surface area contributed by atoms with E-state index in [1.807, 2.05) is 6.92 Å². The number of carbonyl (C=O) groups is 1. The molecule has 3 unspecified atom stereocenters. The molecule has 0 spiro atoms. The standard InChI is InChI=1S/C15H24O2/c1-2-3-15(16)17-14-9-12-5-10-4-11(6-12)8-13(14)7-10/h10-14H,2-9H2,1H3. The first-order chi connectivity index (χ1) is 8.24. The van der Waals surface area contributed by atoms with Gasteiger partial charge in [-0.15, -0.1) is 0 Å². The van der Waals surface area contributed by atoms with E-state index in [0.717, 1.165) is 30.6 Å². The van der Waals surface area contributed by atoms with E-state index in [1.165, 1.54) is 32.1 Å². The van der Waals surface area contributed by atoms with Gasteiger partial charge in [-0.05, 0) is 68.6 Å². The van der Waals surface area contributed by atoms with Crippen LogP contribution in [0.15, 0.2) is 0 Å². The molecule has 2 heteroatoms. The molecular formula is C15H24O2. The first-order valence-corrected chi connectivity index (χ1v) is 7.44. The zero-order valence-corrected chi connectivity index (χ0v) is 10.9. The highest BCUT2D eigenvalue weighted by molar-refractivity contribution is 5.69. The van der Waals surface area contributed by atoms with E-state index in [9.17, 15) is 4.79 Å². The van der Waals surface area contributed by atoms with Crippen LogP contribution in [0.4, 0.5) is 0 Å². The van der Waals surface area contributed by atoms with Gasteiger partial charge < -0.3 is 4.74 Å². The summed E-state index contributed by atoms with van der Waals surface area (Å²) in [7, 11) is 0. The van der Waals surface area contributed by atoms with Crippen LogP contribution in [0.1, 0.15) is 58.3 Å². The van der Waals surface area contributed by atoms with Crippen LogP contribution in [0.5, 0.6) is 0 Å². The van der Waals surface area contributed by atoms with Crippen LogP contribution >= 0.6 is 0 Å². The molecule has 4 saturated carbocycles. The minimum absolute atomic E-state index is 0.0405. The number of fused-ring (bicyclic) bond motifs is 1. The monoisotopic (exact) mass is 236 g/mol. The second-order valence-electron chi connectivity index (χ2n) is 6.55. The van der Waals surface area contributed by atoms with Crippen molar-refractivity contribution in [1.82, 2.24) is 0 Å². The van der Waals surface area contributed by atoms with Crippen LogP contribution < -0.4 is 0 Å². The van der Waals surface area contributed by atoms with Crippen molar-refractivity contribution in [3.63, 3.8) is 0 Å². The van der Waals surface area contributed by atoms with Crippen LogP contribution in [0.3, 0.4) is 0 Å². The van der Waals surface area contributed by atoms with Crippen molar-refractivity contribution in [1.29, 1.82) is 0 Å². The lowest BCUT2D eigenvalue weighted by Crippen LogP contribution is -2.31. The Bertz CT molecular complexity index is 285. The van der Waals surface area contributed by atoms with Gasteiger partial charge in [0.25, 0.3) is 0 Å². The molecule has 2 nitrogen and oxygen atoms in total. The second kappa shape index (κ2) is 4.62. The summed E-state index contributed by atoms with van der Waals surface area (Å²) in [6.45, 7) is 2.04. The SMILES string of the molecule is CCCC(=O)OC1CC2CC3CC(C2)CC1C3. The molecule has 0 aliphatic heterocycles. The predicted molar refractivity (Wildman–Crippen MR) is 66.5 cm³/mol. The largest absolute Gasteiger partial charge is 0.462 e. The normalized spacial score (nSPS) is 43.5. The summed E-state index contributed by atoms with van der Waals surface area (Å²) in [4.78, 5) is 11.7. The first kappa shape index (κ1) is 11.6. The molecular weight excluding hydrogens is 212 g/mol. The Morgan fingerprint density at radius 2 is 1.59 bits per heavy atom. The van der Waals surface area contributed by atoms with E-state index < -0.39 is 0 Å². The van der Waals surface area contributed by atoms with Gasteiger partial charge in [0.05, 0.1) is 0 Å². The Labute approximate surface area is 104 Å². The molecule has 0 aromatic carbocycles. The van der Waals surface area contributed by atoms with Gasteiger partial charge in [0.2, 0.25) is 0 Å². The summed E-state index contributed by atoms with van der Waals surface area (Å²) in [5, 5.41) is 0. The maximum Gasteiger partial charge on any atom is 0.306 e. The molecule has 0 amide bonds. The van der Waals surface area contributed by atoms with Gasteiger partial charge in [-0.3, -0.25) is 4.79 Å². The highest BCUT2D eigenvalue weighted by Gasteiger charge is 2.44. The van der Waals surface area contributed by atoms with E-state index in [-0.39, 0.29) is 12.1 Å². The Morgan fingerprint density at radius 3 is 2.18 bits per heavy atom. The van der Waals surface area contributed by atoms with E-state index in [4.69, 9.17) is 4.74 Å². The third kappa shape index (κ3) is 2.36. The maximum absolute atomic E-state index is 11.7. The summed E-state index contributed by atoms with van der Waals surface area (Å²) in [5.74, 6) is 3.48. The molecule has 0 aromatic rings. The molecule has 4 aliphatic rings. The van der Waals surface area contributed by atoms with Crippen LogP contribution in [-0.4, -0.2) is 12.1 Å². The maximum atomic E-state index is 11.7. The average molecular weight is 236 g/mol. The fourth-order valence-corrected chi connectivity index (χ4v) is 4.63. The Balaban J connectivity index is 1.67. The van der Waals surface area contributed by atoms with Crippen molar-refractivity contribution >= 4 is 5.97 Å². The van der Waals surface area contributed by atoms with Crippen LogP contribution in [0, 0.1) is 23.7 Å². The molecule has 0 aromatic heterocycles. The van der Waals surface area contributed by atoms with Gasteiger partial charge >= 0.3 is 5.97 Å².